The average Bonchev–Trinajstić information content (AvgIpc) is 2.35. The average molecular weight is 282 g/mol. The summed E-state index contributed by atoms with van der Waals surface area (Å²) in [5.74, 6) is 0. The molecule has 1 N–H and O–H groups in total. The van der Waals surface area contributed by atoms with Crippen LogP contribution in [0.4, 0.5) is 0 Å². The minimum absolute atomic E-state index is 0.433. The minimum Gasteiger partial charge on any atom is -0.388 e. The third-order valence-corrected chi connectivity index (χ3v) is 3.61. The third-order valence-electron chi connectivity index (χ3n) is 2.75. The van der Waals surface area contributed by atoms with E-state index in [1.807, 2.05) is 25.1 Å². The fourth-order valence-electron chi connectivity index (χ4n) is 1.81. The summed E-state index contributed by atoms with van der Waals surface area (Å²) in [6.45, 7) is 1.89. The van der Waals surface area contributed by atoms with Gasteiger partial charge in [0.2, 0.25) is 0 Å². The lowest BCUT2D eigenvalue weighted by Gasteiger charge is -2.13. The normalized spacial score (nSPS) is 12.4. The highest BCUT2D eigenvalue weighted by Gasteiger charge is 2.12. The van der Waals surface area contributed by atoms with E-state index in [1.54, 1.807) is 18.3 Å². The van der Waals surface area contributed by atoms with Crippen LogP contribution in [0.5, 0.6) is 0 Å². The molecule has 94 valence electrons. The van der Waals surface area contributed by atoms with Crippen molar-refractivity contribution in [1.82, 2.24) is 4.98 Å². The molecule has 0 fully saturated rings. The van der Waals surface area contributed by atoms with Crippen LogP contribution in [0, 0.1) is 6.92 Å². The maximum Gasteiger partial charge on any atom is 0.0832 e. The predicted octanol–water partition coefficient (Wildman–Crippen LogP) is 3.97. The molecule has 1 unspecified atom stereocenters. The molecule has 0 aliphatic heterocycles. The molecule has 0 radical (unpaired) electrons. The molecule has 1 aromatic heterocycles. The van der Waals surface area contributed by atoms with Crippen molar-refractivity contribution in [3.63, 3.8) is 0 Å². The van der Waals surface area contributed by atoms with E-state index in [9.17, 15) is 5.11 Å². The van der Waals surface area contributed by atoms with E-state index in [4.69, 9.17) is 23.2 Å². The van der Waals surface area contributed by atoms with Crippen molar-refractivity contribution in [1.29, 1.82) is 0 Å². The molecule has 0 bridgehead atoms. The number of hydrogen-bond donors (Lipinski definition) is 1. The lowest BCUT2D eigenvalue weighted by atomic mass is 10.0. The van der Waals surface area contributed by atoms with Crippen molar-refractivity contribution in [2.45, 2.75) is 19.4 Å². The Kier molecular flexibility index (Phi) is 4.23. The van der Waals surface area contributed by atoms with E-state index < -0.39 is 6.10 Å². The first-order chi connectivity index (χ1) is 8.58. The van der Waals surface area contributed by atoms with Gasteiger partial charge >= 0.3 is 0 Å². The van der Waals surface area contributed by atoms with E-state index >= 15 is 0 Å². The molecule has 0 aliphatic rings. The molecular formula is C14H13Cl2NO. The van der Waals surface area contributed by atoms with Gasteiger partial charge in [-0.3, -0.25) is 4.98 Å². The van der Waals surface area contributed by atoms with Gasteiger partial charge in [-0.25, -0.2) is 0 Å². The van der Waals surface area contributed by atoms with E-state index in [0.29, 0.717) is 16.5 Å². The van der Waals surface area contributed by atoms with Gasteiger partial charge in [0.25, 0.3) is 0 Å². The second kappa shape index (κ2) is 5.70. The molecule has 1 aromatic carbocycles. The lowest BCUT2D eigenvalue weighted by molar-refractivity contribution is 0.178. The maximum atomic E-state index is 10.2. The topological polar surface area (TPSA) is 33.1 Å². The molecule has 0 aliphatic carbocycles. The van der Waals surface area contributed by atoms with Gasteiger partial charge in [0.05, 0.1) is 16.1 Å². The zero-order valence-corrected chi connectivity index (χ0v) is 11.4. The van der Waals surface area contributed by atoms with Gasteiger partial charge < -0.3 is 5.11 Å². The van der Waals surface area contributed by atoms with Crippen molar-refractivity contribution in [3.8, 4) is 0 Å². The molecular weight excluding hydrogens is 269 g/mol. The Labute approximate surface area is 116 Å². The zero-order chi connectivity index (χ0) is 13.1. The molecule has 0 saturated heterocycles. The fourth-order valence-corrected chi connectivity index (χ4v) is 2.20. The number of rotatable bonds is 3. The number of nitrogens with zero attached hydrogens (tertiary/aromatic N) is 1. The van der Waals surface area contributed by atoms with E-state index in [1.165, 1.54) is 0 Å². The number of pyridine rings is 1. The zero-order valence-electron chi connectivity index (χ0n) is 9.90. The third kappa shape index (κ3) is 3.02. The lowest BCUT2D eigenvalue weighted by Crippen LogP contribution is -2.03. The van der Waals surface area contributed by atoms with Gasteiger partial charge in [-0.1, -0.05) is 35.3 Å². The number of aromatic nitrogens is 1. The maximum absolute atomic E-state index is 10.2. The van der Waals surface area contributed by atoms with Crippen LogP contribution in [0.3, 0.4) is 0 Å². The Morgan fingerprint density at radius 2 is 2.06 bits per heavy atom. The number of benzene rings is 1. The molecule has 0 spiro atoms. The Hall–Kier alpha value is -1.09. The first-order valence-electron chi connectivity index (χ1n) is 5.61. The standard InChI is InChI=1S/C14H13Cl2NO/c1-9-7-10(5-6-17-9)13(18)8-11-3-2-4-12(15)14(11)16/h2-7,13,18H,8H2,1H3. The highest BCUT2D eigenvalue weighted by Crippen LogP contribution is 2.29. The van der Waals surface area contributed by atoms with Crippen molar-refractivity contribution in [3.05, 3.63) is 63.4 Å². The highest BCUT2D eigenvalue weighted by molar-refractivity contribution is 6.42. The van der Waals surface area contributed by atoms with Crippen LogP contribution in [0.2, 0.25) is 10.0 Å². The van der Waals surface area contributed by atoms with Crippen LogP contribution in [-0.4, -0.2) is 10.1 Å². The fraction of sp³-hybridized carbons (Fsp3) is 0.214. The molecule has 18 heavy (non-hydrogen) atoms. The molecule has 1 atom stereocenters. The van der Waals surface area contributed by atoms with Gasteiger partial charge in [0.1, 0.15) is 0 Å². The summed E-state index contributed by atoms with van der Waals surface area (Å²) in [4.78, 5) is 4.10. The van der Waals surface area contributed by atoms with E-state index in [2.05, 4.69) is 4.98 Å². The van der Waals surface area contributed by atoms with Crippen LogP contribution in [0.1, 0.15) is 22.9 Å². The van der Waals surface area contributed by atoms with E-state index in [0.717, 1.165) is 16.8 Å². The van der Waals surface area contributed by atoms with Gasteiger partial charge in [0, 0.05) is 18.3 Å². The quantitative estimate of drug-likeness (QED) is 0.923. The summed E-state index contributed by atoms with van der Waals surface area (Å²) in [5, 5.41) is 11.2. The smallest absolute Gasteiger partial charge is 0.0832 e. The molecule has 4 heteroatoms. The molecule has 1 heterocycles. The van der Waals surface area contributed by atoms with Crippen LogP contribution >= 0.6 is 23.2 Å². The highest BCUT2D eigenvalue weighted by atomic mass is 35.5. The minimum atomic E-state index is -0.609. The van der Waals surface area contributed by atoms with Crippen LogP contribution in [-0.2, 0) is 6.42 Å². The number of aryl methyl sites for hydroxylation is 1. The summed E-state index contributed by atoms with van der Waals surface area (Å²) >= 11 is 12.0. The van der Waals surface area contributed by atoms with Crippen LogP contribution < -0.4 is 0 Å². The number of aliphatic hydroxyl groups is 1. The molecule has 2 aromatic rings. The van der Waals surface area contributed by atoms with Crippen molar-refractivity contribution >= 4 is 23.2 Å². The first-order valence-corrected chi connectivity index (χ1v) is 6.37. The summed E-state index contributed by atoms with van der Waals surface area (Å²) in [6.07, 6.45) is 1.51. The van der Waals surface area contributed by atoms with Gasteiger partial charge in [-0.05, 0) is 36.2 Å². The van der Waals surface area contributed by atoms with Gasteiger partial charge in [-0.2, -0.15) is 0 Å². The number of aliphatic hydroxyl groups excluding tert-OH is 1. The summed E-state index contributed by atoms with van der Waals surface area (Å²) < 4.78 is 0. The summed E-state index contributed by atoms with van der Waals surface area (Å²) in [7, 11) is 0. The Balaban J connectivity index is 2.21. The molecule has 2 nitrogen and oxygen atoms in total. The number of hydrogen-bond acceptors (Lipinski definition) is 2. The first kappa shape index (κ1) is 13.3. The van der Waals surface area contributed by atoms with Crippen molar-refractivity contribution in [2.75, 3.05) is 0 Å². The van der Waals surface area contributed by atoms with Crippen molar-refractivity contribution < 1.29 is 5.11 Å². The Bertz CT molecular complexity index is 557. The second-order valence-corrected chi connectivity index (χ2v) is 4.95. The molecule has 2 rings (SSSR count). The summed E-state index contributed by atoms with van der Waals surface area (Å²) in [6, 6.07) is 9.09. The second-order valence-electron chi connectivity index (χ2n) is 4.16. The summed E-state index contributed by atoms with van der Waals surface area (Å²) in [5.41, 5.74) is 2.55. The van der Waals surface area contributed by atoms with Gasteiger partial charge in [-0.15, -0.1) is 0 Å². The van der Waals surface area contributed by atoms with Crippen LogP contribution in [0.25, 0.3) is 0 Å². The van der Waals surface area contributed by atoms with Gasteiger partial charge in [0.15, 0.2) is 0 Å². The Morgan fingerprint density at radius 3 is 2.78 bits per heavy atom. The monoisotopic (exact) mass is 281 g/mol. The van der Waals surface area contributed by atoms with E-state index in [-0.39, 0.29) is 0 Å². The van der Waals surface area contributed by atoms with Crippen molar-refractivity contribution in [2.24, 2.45) is 0 Å². The predicted molar refractivity (Wildman–Crippen MR) is 74.1 cm³/mol. The SMILES string of the molecule is Cc1cc(C(O)Cc2cccc(Cl)c2Cl)ccn1. The molecule has 0 amide bonds. The molecule has 0 saturated carbocycles. The number of halogens is 2. The van der Waals surface area contributed by atoms with Crippen LogP contribution in [0.15, 0.2) is 36.5 Å². The largest absolute Gasteiger partial charge is 0.388 e. The Morgan fingerprint density at radius 1 is 1.28 bits per heavy atom.